The van der Waals surface area contributed by atoms with Gasteiger partial charge in [-0.2, -0.15) is 23.1 Å². The lowest BCUT2D eigenvalue weighted by Gasteiger charge is -2.33. The van der Waals surface area contributed by atoms with Crippen LogP contribution in [0.5, 0.6) is 6.01 Å². The quantitative estimate of drug-likeness (QED) is 0.398. The van der Waals surface area contributed by atoms with Crippen molar-refractivity contribution in [2.45, 2.75) is 62.7 Å². The molecule has 0 amide bonds. The molecule has 9 nitrogen and oxygen atoms in total. The molecular weight excluding hydrogens is 585 g/mol. The molecule has 3 atom stereocenters. The number of ether oxygens (including phenoxy) is 2. The lowest BCUT2D eigenvalue weighted by atomic mass is 9.94. The molecule has 0 aliphatic carbocycles. The predicted molar refractivity (Wildman–Crippen MR) is 143 cm³/mol. The van der Waals surface area contributed by atoms with E-state index in [9.17, 15) is 26.0 Å². The zero-order valence-electron chi connectivity index (χ0n) is 22.8. The number of aromatic nitrogens is 2. The van der Waals surface area contributed by atoms with Gasteiger partial charge in [0.05, 0.1) is 46.7 Å². The first-order valence-electron chi connectivity index (χ1n) is 14.0. The van der Waals surface area contributed by atoms with Gasteiger partial charge in [0.1, 0.15) is 18.6 Å². The summed E-state index contributed by atoms with van der Waals surface area (Å²) in [6.07, 6.45) is -5.05. The summed E-state index contributed by atoms with van der Waals surface area (Å²) in [6.45, 7) is 1.50. The molecule has 4 aliphatic heterocycles. The number of benzene rings is 1. The zero-order valence-corrected chi connectivity index (χ0v) is 23.6. The molecule has 2 N–H and O–H groups in total. The van der Waals surface area contributed by atoms with E-state index in [4.69, 9.17) is 15.2 Å². The number of anilines is 2. The van der Waals surface area contributed by atoms with Crippen molar-refractivity contribution >= 4 is 21.3 Å². The summed E-state index contributed by atoms with van der Waals surface area (Å²) in [5, 5.41) is 0. The first-order chi connectivity index (χ1) is 19.9. The van der Waals surface area contributed by atoms with E-state index in [-0.39, 0.29) is 43.7 Å². The molecule has 0 saturated carbocycles. The third-order valence-electron chi connectivity index (χ3n) is 8.78. The Morgan fingerprint density at radius 2 is 1.95 bits per heavy atom. The Morgan fingerprint density at radius 3 is 2.74 bits per heavy atom. The molecule has 230 valence electrons. The molecule has 2 aromatic rings. The van der Waals surface area contributed by atoms with Crippen molar-refractivity contribution in [1.29, 1.82) is 0 Å². The molecular formula is C27H32F5N5O4S. The van der Waals surface area contributed by atoms with E-state index in [2.05, 4.69) is 14.9 Å². The lowest BCUT2D eigenvalue weighted by Crippen LogP contribution is -2.43. The maximum Gasteiger partial charge on any atom is 0.416 e. The zero-order chi connectivity index (χ0) is 29.9. The van der Waals surface area contributed by atoms with Crippen molar-refractivity contribution in [3.8, 4) is 6.01 Å². The Morgan fingerprint density at radius 1 is 1.14 bits per heavy atom. The van der Waals surface area contributed by atoms with Gasteiger partial charge in [-0.25, -0.2) is 17.2 Å². The third-order valence-corrected chi connectivity index (χ3v) is 10.5. The Hall–Kier alpha value is -2.78. The molecule has 1 unspecified atom stereocenters. The Bertz CT molecular complexity index is 1480. The number of nitrogens with zero attached hydrogens (tertiary/aromatic N) is 4. The standard InChI is InChI=1S/C27H32F5N5O4S/c28-16-12-26(5-1-7-37(26)13-16)15-41-25-34-20-11-21(22-18(27(30,31)32)3-4-19(33)23(22)29)40-14-17(20)24(35-25)36-6-2-9-42(38,39)10-8-36/h3-4,16,21H,1-2,5-15,33H2/t16?,21-,26-/m0/s1. The number of rotatable bonds is 5. The van der Waals surface area contributed by atoms with Crippen LogP contribution in [-0.2, 0) is 33.8 Å². The average Bonchev–Trinajstić information content (AvgIpc) is 3.38. The van der Waals surface area contributed by atoms with Gasteiger partial charge in [-0.05, 0) is 37.9 Å². The molecule has 42 heavy (non-hydrogen) atoms. The summed E-state index contributed by atoms with van der Waals surface area (Å²) in [4.78, 5) is 13.0. The molecule has 3 fully saturated rings. The molecule has 0 spiro atoms. The summed E-state index contributed by atoms with van der Waals surface area (Å²) in [5.41, 5.74) is 3.61. The Kier molecular flexibility index (Phi) is 7.49. The second-order valence-electron chi connectivity index (χ2n) is 11.5. The van der Waals surface area contributed by atoms with Crippen molar-refractivity contribution in [3.05, 3.63) is 40.3 Å². The van der Waals surface area contributed by atoms with E-state index in [1.165, 1.54) is 0 Å². The Balaban J connectivity index is 1.36. The van der Waals surface area contributed by atoms with Crippen LogP contribution in [0.1, 0.15) is 54.2 Å². The predicted octanol–water partition coefficient (Wildman–Crippen LogP) is 3.61. The third kappa shape index (κ3) is 5.50. The number of nitrogen functional groups attached to an aromatic ring is 1. The highest BCUT2D eigenvalue weighted by Crippen LogP contribution is 2.44. The fourth-order valence-corrected chi connectivity index (χ4v) is 7.98. The minimum Gasteiger partial charge on any atom is -0.461 e. The van der Waals surface area contributed by atoms with Crippen LogP contribution in [0.3, 0.4) is 0 Å². The second kappa shape index (κ2) is 10.7. The topological polar surface area (TPSA) is 111 Å². The highest BCUT2D eigenvalue weighted by molar-refractivity contribution is 7.91. The van der Waals surface area contributed by atoms with Gasteiger partial charge in [0.25, 0.3) is 0 Å². The fourth-order valence-electron chi connectivity index (χ4n) is 6.71. The SMILES string of the molecule is Nc1ccc(C(F)(F)F)c([C@@H]2Cc3nc(OC[C@@]45CCCN4CC(F)C5)nc(N4CCCS(=O)(=O)CC4)c3CO2)c1F. The number of fused-ring (bicyclic) bond motifs is 2. The Labute approximate surface area is 240 Å². The number of sulfone groups is 1. The molecule has 0 radical (unpaired) electrons. The van der Waals surface area contributed by atoms with E-state index >= 15 is 4.39 Å². The van der Waals surface area contributed by atoms with Crippen molar-refractivity contribution in [2.24, 2.45) is 0 Å². The summed E-state index contributed by atoms with van der Waals surface area (Å²) in [6, 6.07) is 1.55. The number of alkyl halides is 4. The van der Waals surface area contributed by atoms with Crippen molar-refractivity contribution in [3.63, 3.8) is 0 Å². The van der Waals surface area contributed by atoms with E-state index in [1.54, 1.807) is 4.90 Å². The van der Waals surface area contributed by atoms with E-state index < -0.39 is 56.5 Å². The van der Waals surface area contributed by atoms with Crippen LogP contribution in [0.4, 0.5) is 33.5 Å². The van der Waals surface area contributed by atoms with Crippen molar-refractivity contribution in [1.82, 2.24) is 14.9 Å². The van der Waals surface area contributed by atoms with Gasteiger partial charge in [0.2, 0.25) is 0 Å². The minimum atomic E-state index is -4.85. The van der Waals surface area contributed by atoms with Gasteiger partial charge in [-0.3, -0.25) is 4.90 Å². The highest BCUT2D eigenvalue weighted by Gasteiger charge is 2.49. The van der Waals surface area contributed by atoms with Crippen LogP contribution in [0.15, 0.2) is 12.1 Å². The monoisotopic (exact) mass is 617 g/mol. The summed E-state index contributed by atoms with van der Waals surface area (Å²) in [7, 11) is -3.25. The summed E-state index contributed by atoms with van der Waals surface area (Å²) < 4.78 is 107. The van der Waals surface area contributed by atoms with E-state index in [0.717, 1.165) is 31.5 Å². The smallest absolute Gasteiger partial charge is 0.416 e. The van der Waals surface area contributed by atoms with Crippen molar-refractivity contribution < 1.29 is 39.8 Å². The highest BCUT2D eigenvalue weighted by atomic mass is 32.2. The number of hydrogen-bond donors (Lipinski definition) is 1. The number of halogens is 5. The van der Waals surface area contributed by atoms with Gasteiger partial charge >= 0.3 is 12.2 Å². The molecule has 5 heterocycles. The molecule has 15 heteroatoms. The van der Waals surface area contributed by atoms with Crippen LogP contribution >= 0.6 is 0 Å². The number of hydrogen-bond acceptors (Lipinski definition) is 9. The normalized spacial score (nSPS) is 27.9. The maximum atomic E-state index is 15.1. The van der Waals surface area contributed by atoms with Gasteiger partial charge in [0, 0.05) is 43.6 Å². The van der Waals surface area contributed by atoms with Gasteiger partial charge in [0.15, 0.2) is 15.7 Å². The first-order valence-corrected chi connectivity index (χ1v) is 15.8. The van der Waals surface area contributed by atoms with E-state index in [0.29, 0.717) is 43.0 Å². The van der Waals surface area contributed by atoms with Gasteiger partial charge in [-0.15, -0.1) is 0 Å². The molecule has 0 bridgehead atoms. The van der Waals surface area contributed by atoms with Crippen LogP contribution in [-0.4, -0.2) is 79.3 Å². The molecule has 1 aromatic carbocycles. The molecule has 1 aromatic heterocycles. The maximum absolute atomic E-state index is 15.1. The van der Waals surface area contributed by atoms with Crippen LogP contribution in [0.2, 0.25) is 0 Å². The van der Waals surface area contributed by atoms with Crippen LogP contribution in [0, 0.1) is 5.82 Å². The van der Waals surface area contributed by atoms with E-state index in [1.807, 2.05) is 0 Å². The molecule has 6 rings (SSSR count). The van der Waals surface area contributed by atoms with Crippen molar-refractivity contribution in [2.75, 3.05) is 54.9 Å². The summed E-state index contributed by atoms with van der Waals surface area (Å²) >= 11 is 0. The summed E-state index contributed by atoms with van der Waals surface area (Å²) in [5.74, 6) is -0.907. The molecule has 3 saturated heterocycles. The second-order valence-corrected chi connectivity index (χ2v) is 13.8. The fraction of sp³-hybridized carbons (Fsp3) is 0.630. The lowest BCUT2D eigenvalue weighted by molar-refractivity contribution is -0.140. The minimum absolute atomic E-state index is 0.0242. The molecule has 4 aliphatic rings. The largest absolute Gasteiger partial charge is 0.461 e. The first kappa shape index (κ1) is 29.3. The van der Waals surface area contributed by atoms with Crippen LogP contribution < -0.4 is 15.4 Å². The van der Waals surface area contributed by atoms with Gasteiger partial charge < -0.3 is 20.1 Å². The average molecular weight is 618 g/mol. The van der Waals surface area contributed by atoms with Gasteiger partial charge in [-0.1, -0.05) is 0 Å². The van der Waals surface area contributed by atoms with Crippen LogP contribution in [0.25, 0.3) is 0 Å². The number of nitrogens with two attached hydrogens (primary N) is 1.